The molecule has 1 aliphatic carbocycles. The Morgan fingerprint density at radius 3 is 2.54 bits per heavy atom. The van der Waals surface area contributed by atoms with Crippen LogP contribution in [0, 0.1) is 23.7 Å². The molecule has 1 aromatic carbocycles. The molecule has 5 aliphatic rings. The third-order valence-electron chi connectivity index (χ3n) is 8.94. The summed E-state index contributed by atoms with van der Waals surface area (Å²) in [7, 11) is 0. The van der Waals surface area contributed by atoms with Crippen molar-refractivity contribution in [3.63, 3.8) is 0 Å². The molecule has 4 heterocycles. The van der Waals surface area contributed by atoms with Gasteiger partial charge in [0, 0.05) is 24.7 Å². The Morgan fingerprint density at radius 2 is 1.82 bits per heavy atom. The van der Waals surface area contributed by atoms with Gasteiger partial charge < -0.3 is 29.7 Å². The minimum Gasteiger partial charge on any atom is -0.480 e. The fraction of sp³-hybridized carbons (Fsp3) is 0.679. The highest BCUT2D eigenvalue weighted by molar-refractivity contribution is 5.86. The third-order valence-corrected chi connectivity index (χ3v) is 8.94. The minimum atomic E-state index is -1.57. The van der Waals surface area contributed by atoms with Gasteiger partial charge in [0.1, 0.15) is 6.10 Å². The van der Waals surface area contributed by atoms with E-state index in [1.807, 2.05) is 13.8 Å². The highest BCUT2D eigenvalue weighted by Crippen LogP contribution is 2.60. The van der Waals surface area contributed by atoms with Crippen molar-refractivity contribution in [2.45, 2.75) is 95.4 Å². The van der Waals surface area contributed by atoms with Crippen LogP contribution in [0.25, 0.3) is 0 Å². The molecule has 11 heteroatoms. The maximum Gasteiger partial charge on any atom is 0.329 e. The van der Waals surface area contributed by atoms with E-state index in [1.165, 1.54) is 0 Å². The normalized spacial score (nSPS) is 38.6. The summed E-state index contributed by atoms with van der Waals surface area (Å²) >= 11 is 0. The van der Waals surface area contributed by atoms with E-state index >= 15 is 0 Å². The molecular weight excluding hydrogens is 510 g/mol. The van der Waals surface area contributed by atoms with Crippen LogP contribution in [0.15, 0.2) is 30.3 Å². The fourth-order valence-corrected chi connectivity index (χ4v) is 6.77. The number of amides is 1. The van der Waals surface area contributed by atoms with Gasteiger partial charge in [0.25, 0.3) is 0 Å². The number of carbonyl (C=O) groups excluding carboxylic acids is 2. The van der Waals surface area contributed by atoms with Crippen LogP contribution < -0.4 is 5.32 Å². The molecule has 1 aromatic rings. The molecule has 10 atom stereocenters. The van der Waals surface area contributed by atoms with Crippen LogP contribution in [-0.4, -0.2) is 58.1 Å². The fourth-order valence-electron chi connectivity index (χ4n) is 6.77. The van der Waals surface area contributed by atoms with E-state index in [2.05, 4.69) is 12.2 Å². The number of nitrogens with one attached hydrogen (secondary N) is 1. The summed E-state index contributed by atoms with van der Waals surface area (Å²) in [6, 6.07) is 6.61. The number of aliphatic hydroxyl groups excluding tert-OH is 1. The van der Waals surface area contributed by atoms with Crippen molar-refractivity contribution < 1.29 is 48.6 Å². The van der Waals surface area contributed by atoms with Crippen LogP contribution in [0.3, 0.4) is 0 Å². The first-order valence-electron chi connectivity index (χ1n) is 13.7. The second kappa shape index (κ2) is 10.8. The van der Waals surface area contributed by atoms with Crippen molar-refractivity contribution >= 4 is 17.8 Å². The predicted molar refractivity (Wildman–Crippen MR) is 133 cm³/mol. The molecule has 5 fully saturated rings. The van der Waals surface area contributed by atoms with Crippen molar-refractivity contribution in [1.82, 2.24) is 5.32 Å². The Bertz CT molecular complexity index is 1080. The molecule has 0 aromatic heterocycles. The Labute approximate surface area is 227 Å². The third kappa shape index (κ3) is 5.18. The summed E-state index contributed by atoms with van der Waals surface area (Å²) in [5.74, 6) is -3.33. The summed E-state index contributed by atoms with van der Waals surface area (Å²) in [4.78, 5) is 48.8. The number of hydrogen-bond donors (Lipinski definition) is 3. The molecule has 39 heavy (non-hydrogen) atoms. The first-order valence-corrected chi connectivity index (χ1v) is 13.7. The first kappa shape index (κ1) is 28.0. The van der Waals surface area contributed by atoms with Gasteiger partial charge >= 0.3 is 11.9 Å². The molecular formula is C28H37NO10. The minimum absolute atomic E-state index is 0.0167. The van der Waals surface area contributed by atoms with E-state index in [-0.39, 0.29) is 30.6 Å². The average Bonchev–Trinajstić information content (AvgIpc) is 3.14. The standard InChI is InChI=1S/C28H37NO10/c1-15-9-10-19-16(2)25(36-26-28(19)18(15)13-14-27(3,37-26)38-39-28)35-21(31)12-11-20(30)29-22(24(33)34)23(32)17-7-5-4-6-8-17/h4-8,15-16,18-19,22-23,25-26,32H,9-14H2,1-3H3,(H,29,30)(H,33,34)/t15-,16-,18+,19+,22+,23-,25-,26-,27-,28-/m1/s1. The van der Waals surface area contributed by atoms with Crippen LogP contribution in [0.1, 0.15) is 71.0 Å². The number of carboxylic acids is 1. The number of rotatable bonds is 8. The molecule has 1 saturated carbocycles. The molecule has 4 saturated heterocycles. The number of esters is 1. The largest absolute Gasteiger partial charge is 0.480 e. The summed E-state index contributed by atoms with van der Waals surface area (Å²) in [6.45, 7) is 5.99. The molecule has 0 unspecified atom stereocenters. The molecule has 2 bridgehead atoms. The number of hydrogen-bond acceptors (Lipinski definition) is 9. The van der Waals surface area contributed by atoms with Gasteiger partial charge in [-0.1, -0.05) is 44.2 Å². The van der Waals surface area contributed by atoms with Gasteiger partial charge in [-0.15, -0.1) is 0 Å². The zero-order valence-electron chi connectivity index (χ0n) is 22.4. The van der Waals surface area contributed by atoms with Crippen LogP contribution >= 0.6 is 0 Å². The second-order valence-corrected chi connectivity index (χ2v) is 11.5. The molecule has 1 spiro atoms. The summed E-state index contributed by atoms with van der Waals surface area (Å²) in [5, 5.41) is 22.3. The summed E-state index contributed by atoms with van der Waals surface area (Å²) < 4.78 is 18.2. The second-order valence-electron chi connectivity index (χ2n) is 11.5. The molecule has 1 amide bonds. The van der Waals surface area contributed by atoms with Crippen molar-refractivity contribution in [2.24, 2.45) is 23.7 Å². The number of ether oxygens (including phenoxy) is 3. The Morgan fingerprint density at radius 1 is 1.08 bits per heavy atom. The average molecular weight is 548 g/mol. The SMILES string of the molecule is C[C@H]1[C@H](OC(=O)CCC(=O)N[C@H](C(=O)O)[C@H](O)c2ccccc2)O[C@@H]2O[C@@]3(C)CC[C@H]4[C@H](C)CC[C@@H]1[C@@]24OO3. The molecule has 6 rings (SSSR count). The van der Waals surface area contributed by atoms with Crippen molar-refractivity contribution in [1.29, 1.82) is 0 Å². The molecule has 4 aliphatic heterocycles. The lowest BCUT2D eigenvalue weighted by Gasteiger charge is -2.59. The van der Waals surface area contributed by atoms with Gasteiger partial charge in [-0.3, -0.25) is 9.59 Å². The van der Waals surface area contributed by atoms with Crippen molar-refractivity contribution in [3.05, 3.63) is 35.9 Å². The number of fused-ring (bicyclic) bond motifs is 2. The van der Waals surface area contributed by atoms with E-state index in [1.54, 1.807) is 30.3 Å². The van der Waals surface area contributed by atoms with Crippen LogP contribution in [0.5, 0.6) is 0 Å². The van der Waals surface area contributed by atoms with Gasteiger partial charge in [0.05, 0.1) is 6.42 Å². The molecule has 0 radical (unpaired) electrons. The quantitative estimate of drug-likeness (QED) is 0.327. The first-order chi connectivity index (χ1) is 18.5. The highest BCUT2D eigenvalue weighted by Gasteiger charge is 2.69. The van der Waals surface area contributed by atoms with E-state index in [0.717, 1.165) is 19.3 Å². The van der Waals surface area contributed by atoms with Crippen LogP contribution in [0.2, 0.25) is 0 Å². The number of carbonyl (C=O) groups is 3. The van der Waals surface area contributed by atoms with Crippen molar-refractivity contribution in [2.75, 3.05) is 0 Å². The van der Waals surface area contributed by atoms with E-state index in [4.69, 9.17) is 24.0 Å². The monoisotopic (exact) mass is 547 g/mol. The van der Waals surface area contributed by atoms with Crippen LogP contribution in [0.4, 0.5) is 0 Å². The lowest BCUT2D eigenvalue weighted by Crippen LogP contribution is -2.70. The summed E-state index contributed by atoms with van der Waals surface area (Å²) in [5.41, 5.74) is -0.427. The maximum absolute atomic E-state index is 12.8. The topological polar surface area (TPSA) is 150 Å². The van der Waals surface area contributed by atoms with Gasteiger partial charge in [0.2, 0.25) is 18.0 Å². The van der Waals surface area contributed by atoms with Crippen LogP contribution in [-0.2, 0) is 38.4 Å². The number of aliphatic carboxylic acids is 1. The number of benzene rings is 1. The zero-order chi connectivity index (χ0) is 27.9. The zero-order valence-corrected chi connectivity index (χ0v) is 22.4. The maximum atomic E-state index is 12.8. The van der Waals surface area contributed by atoms with Gasteiger partial charge in [-0.05, 0) is 43.6 Å². The van der Waals surface area contributed by atoms with Gasteiger partial charge in [-0.25, -0.2) is 14.6 Å². The lowest BCUT2D eigenvalue weighted by atomic mass is 9.58. The van der Waals surface area contributed by atoms with E-state index < -0.39 is 54.0 Å². The van der Waals surface area contributed by atoms with Gasteiger partial charge in [0.15, 0.2) is 17.9 Å². The van der Waals surface area contributed by atoms with E-state index in [0.29, 0.717) is 17.9 Å². The highest BCUT2D eigenvalue weighted by atomic mass is 17.3. The smallest absolute Gasteiger partial charge is 0.329 e. The Hall–Kier alpha value is -2.57. The Kier molecular flexibility index (Phi) is 7.73. The van der Waals surface area contributed by atoms with Gasteiger partial charge in [-0.2, -0.15) is 0 Å². The Balaban J connectivity index is 1.20. The predicted octanol–water partition coefficient (Wildman–Crippen LogP) is 2.82. The van der Waals surface area contributed by atoms with Crippen molar-refractivity contribution in [3.8, 4) is 0 Å². The lowest BCUT2D eigenvalue weighted by molar-refractivity contribution is -0.576. The van der Waals surface area contributed by atoms with E-state index in [9.17, 15) is 24.6 Å². The molecule has 3 N–H and O–H groups in total. The number of carboxylic acid groups (broad SMARTS) is 1. The number of aliphatic hydroxyl groups is 1. The summed E-state index contributed by atoms with van der Waals surface area (Å²) in [6.07, 6.45) is -0.297. The molecule has 11 nitrogen and oxygen atoms in total. The molecule has 214 valence electrons.